The summed E-state index contributed by atoms with van der Waals surface area (Å²) in [5.74, 6) is -0.422. The lowest BCUT2D eigenvalue weighted by Gasteiger charge is -2.39. The summed E-state index contributed by atoms with van der Waals surface area (Å²) in [5.41, 5.74) is 1.11. The fourth-order valence-electron chi connectivity index (χ4n) is 2.77. The van der Waals surface area contributed by atoms with Gasteiger partial charge in [0, 0.05) is 6.42 Å². The Bertz CT molecular complexity index is 504. The Morgan fingerprint density at radius 2 is 2.04 bits per heavy atom. The standard InChI is InChI=1S/C19H28O5/c1-13-11-17(22-12-16-7-5-4-6-8-16)19(24-15(13)3)23-14(2)9-10-18(20)21/h4-8,13-15,17,19H,9-12H2,1-3H3,(H,20,21)/t13-,14-,15?,17?,19-/m1/s1. The van der Waals surface area contributed by atoms with Gasteiger partial charge in [-0.3, -0.25) is 4.79 Å². The highest BCUT2D eigenvalue weighted by Crippen LogP contribution is 2.29. The molecule has 1 aromatic rings. The van der Waals surface area contributed by atoms with Crippen LogP contribution in [0.15, 0.2) is 30.3 Å². The molecule has 1 fully saturated rings. The van der Waals surface area contributed by atoms with Crippen LogP contribution in [0.1, 0.15) is 45.6 Å². The van der Waals surface area contributed by atoms with E-state index in [9.17, 15) is 4.79 Å². The van der Waals surface area contributed by atoms with Crippen LogP contribution in [0.2, 0.25) is 0 Å². The summed E-state index contributed by atoms with van der Waals surface area (Å²) >= 11 is 0. The van der Waals surface area contributed by atoms with Gasteiger partial charge in [0.15, 0.2) is 6.29 Å². The minimum Gasteiger partial charge on any atom is -0.481 e. The highest BCUT2D eigenvalue weighted by Gasteiger charge is 2.36. The largest absolute Gasteiger partial charge is 0.481 e. The molecule has 0 saturated carbocycles. The van der Waals surface area contributed by atoms with Crippen molar-refractivity contribution in [2.45, 2.75) is 71.2 Å². The van der Waals surface area contributed by atoms with Gasteiger partial charge in [-0.15, -0.1) is 0 Å². The second-order valence-corrected chi connectivity index (χ2v) is 6.64. The first kappa shape index (κ1) is 18.9. The van der Waals surface area contributed by atoms with Crippen molar-refractivity contribution < 1.29 is 24.1 Å². The molecule has 5 nitrogen and oxygen atoms in total. The number of benzene rings is 1. The van der Waals surface area contributed by atoms with E-state index < -0.39 is 12.3 Å². The van der Waals surface area contributed by atoms with Gasteiger partial charge >= 0.3 is 5.97 Å². The molecule has 1 aliphatic rings. The first-order chi connectivity index (χ1) is 11.5. The molecule has 0 amide bonds. The molecule has 0 radical (unpaired) electrons. The number of aliphatic carboxylic acids is 1. The van der Waals surface area contributed by atoms with Gasteiger partial charge in [0.2, 0.25) is 0 Å². The Morgan fingerprint density at radius 1 is 1.33 bits per heavy atom. The van der Waals surface area contributed by atoms with E-state index in [0.29, 0.717) is 18.9 Å². The van der Waals surface area contributed by atoms with Gasteiger partial charge in [0.25, 0.3) is 0 Å². The number of carboxylic acids is 1. The molecule has 5 heteroatoms. The van der Waals surface area contributed by atoms with E-state index in [1.165, 1.54) is 0 Å². The minimum absolute atomic E-state index is 0.0926. The van der Waals surface area contributed by atoms with Crippen LogP contribution < -0.4 is 0 Å². The molecule has 0 aliphatic carbocycles. The summed E-state index contributed by atoms with van der Waals surface area (Å²) < 4.78 is 18.0. The molecule has 1 aliphatic heterocycles. The van der Waals surface area contributed by atoms with E-state index in [2.05, 4.69) is 6.92 Å². The average molecular weight is 336 g/mol. The molecule has 2 unspecified atom stereocenters. The van der Waals surface area contributed by atoms with Crippen molar-refractivity contribution in [1.82, 2.24) is 0 Å². The van der Waals surface area contributed by atoms with Gasteiger partial charge in [-0.2, -0.15) is 0 Å². The Morgan fingerprint density at radius 3 is 2.71 bits per heavy atom. The van der Waals surface area contributed by atoms with Crippen molar-refractivity contribution in [2.24, 2.45) is 5.92 Å². The van der Waals surface area contributed by atoms with Gasteiger partial charge in [0.1, 0.15) is 6.10 Å². The highest BCUT2D eigenvalue weighted by molar-refractivity contribution is 5.66. The van der Waals surface area contributed by atoms with Crippen molar-refractivity contribution in [3.63, 3.8) is 0 Å². The Hall–Kier alpha value is -1.43. The summed E-state index contributed by atoms with van der Waals surface area (Å²) in [6.07, 6.45) is 0.727. The van der Waals surface area contributed by atoms with Crippen molar-refractivity contribution in [3.05, 3.63) is 35.9 Å². The lowest BCUT2D eigenvalue weighted by molar-refractivity contribution is -0.275. The van der Waals surface area contributed by atoms with Crippen molar-refractivity contribution >= 4 is 5.97 Å². The number of ether oxygens (including phenoxy) is 3. The molecule has 5 atom stereocenters. The van der Waals surface area contributed by atoms with Gasteiger partial charge < -0.3 is 19.3 Å². The Labute approximate surface area is 143 Å². The first-order valence-electron chi connectivity index (χ1n) is 8.64. The molecule has 1 aromatic carbocycles. The topological polar surface area (TPSA) is 65.0 Å². The fraction of sp³-hybridized carbons (Fsp3) is 0.632. The molecule has 0 bridgehead atoms. The van der Waals surface area contributed by atoms with Gasteiger partial charge in [-0.1, -0.05) is 37.3 Å². The normalized spacial score (nSPS) is 28.5. The third-order valence-corrected chi connectivity index (χ3v) is 4.50. The van der Waals surface area contributed by atoms with E-state index in [1.807, 2.05) is 44.2 Å². The predicted octanol–water partition coefficient (Wildman–Crippen LogP) is 3.61. The minimum atomic E-state index is -0.811. The zero-order chi connectivity index (χ0) is 17.5. The third kappa shape index (κ3) is 5.89. The molecule has 1 saturated heterocycles. The number of hydrogen-bond acceptors (Lipinski definition) is 4. The van der Waals surface area contributed by atoms with Gasteiger partial charge in [-0.25, -0.2) is 0 Å². The fourth-order valence-corrected chi connectivity index (χ4v) is 2.77. The van der Waals surface area contributed by atoms with E-state index >= 15 is 0 Å². The molecule has 24 heavy (non-hydrogen) atoms. The predicted molar refractivity (Wildman–Crippen MR) is 90.6 cm³/mol. The Kier molecular flexibility index (Phi) is 7.21. The molecule has 0 aromatic heterocycles. The monoisotopic (exact) mass is 336 g/mol. The molecule has 1 N–H and O–H groups in total. The average Bonchev–Trinajstić information content (AvgIpc) is 2.56. The van der Waals surface area contributed by atoms with E-state index in [-0.39, 0.29) is 24.7 Å². The van der Waals surface area contributed by atoms with Crippen LogP contribution in [0.3, 0.4) is 0 Å². The van der Waals surface area contributed by atoms with Crippen LogP contribution in [-0.2, 0) is 25.6 Å². The molecular weight excluding hydrogens is 308 g/mol. The van der Waals surface area contributed by atoms with Crippen molar-refractivity contribution in [2.75, 3.05) is 0 Å². The maximum atomic E-state index is 10.7. The Balaban J connectivity index is 1.92. The summed E-state index contributed by atoms with van der Waals surface area (Å²) in [6, 6.07) is 10.0. The summed E-state index contributed by atoms with van der Waals surface area (Å²) in [6.45, 7) is 6.58. The lowest BCUT2D eigenvalue weighted by atomic mass is 9.95. The van der Waals surface area contributed by atoms with Crippen LogP contribution >= 0.6 is 0 Å². The summed E-state index contributed by atoms with van der Waals surface area (Å²) in [4.78, 5) is 10.7. The van der Waals surface area contributed by atoms with Crippen LogP contribution in [0.25, 0.3) is 0 Å². The number of rotatable bonds is 8. The van der Waals surface area contributed by atoms with Gasteiger partial charge in [-0.05, 0) is 38.2 Å². The van der Waals surface area contributed by atoms with Crippen LogP contribution in [0.5, 0.6) is 0 Å². The highest BCUT2D eigenvalue weighted by atomic mass is 16.7. The smallest absolute Gasteiger partial charge is 0.303 e. The second-order valence-electron chi connectivity index (χ2n) is 6.64. The zero-order valence-corrected chi connectivity index (χ0v) is 14.7. The van der Waals surface area contributed by atoms with Crippen LogP contribution in [-0.4, -0.2) is 35.7 Å². The number of hydrogen-bond donors (Lipinski definition) is 1. The van der Waals surface area contributed by atoms with Gasteiger partial charge in [0.05, 0.1) is 18.8 Å². The summed E-state index contributed by atoms with van der Waals surface area (Å²) in [5, 5.41) is 8.80. The third-order valence-electron chi connectivity index (χ3n) is 4.50. The van der Waals surface area contributed by atoms with E-state index in [1.54, 1.807) is 0 Å². The number of carbonyl (C=O) groups is 1. The molecule has 134 valence electrons. The molecule has 0 spiro atoms. The zero-order valence-electron chi connectivity index (χ0n) is 14.7. The van der Waals surface area contributed by atoms with E-state index in [0.717, 1.165) is 12.0 Å². The quantitative estimate of drug-likeness (QED) is 0.785. The molecular formula is C19H28O5. The SMILES string of the molecule is CC1O[C@@H](O[C@H](C)CCC(=O)O)C(OCc2ccccc2)C[C@H]1C. The van der Waals surface area contributed by atoms with E-state index in [4.69, 9.17) is 19.3 Å². The molecule has 2 rings (SSSR count). The lowest BCUT2D eigenvalue weighted by Crippen LogP contribution is -2.46. The van der Waals surface area contributed by atoms with Crippen molar-refractivity contribution in [3.8, 4) is 0 Å². The van der Waals surface area contributed by atoms with Crippen molar-refractivity contribution in [1.29, 1.82) is 0 Å². The maximum absolute atomic E-state index is 10.7. The second kappa shape index (κ2) is 9.16. The van der Waals surface area contributed by atoms with Crippen LogP contribution in [0.4, 0.5) is 0 Å². The summed E-state index contributed by atoms with van der Waals surface area (Å²) in [7, 11) is 0. The van der Waals surface area contributed by atoms with Crippen LogP contribution in [0, 0.1) is 5.92 Å². The maximum Gasteiger partial charge on any atom is 0.303 e. The molecule has 1 heterocycles. The first-order valence-corrected chi connectivity index (χ1v) is 8.64. The number of carboxylic acid groups (broad SMARTS) is 1.